The van der Waals surface area contributed by atoms with Crippen LogP contribution in [0.4, 0.5) is 0 Å². The molecule has 0 aliphatic carbocycles. The van der Waals surface area contributed by atoms with E-state index in [0.29, 0.717) is 0 Å². The first-order valence-electron chi connectivity index (χ1n) is 5.35. The molecule has 0 spiro atoms. The zero-order valence-electron chi connectivity index (χ0n) is 8.96. The molecule has 0 aromatic rings. The van der Waals surface area contributed by atoms with Gasteiger partial charge >= 0.3 is 0 Å². The van der Waals surface area contributed by atoms with E-state index in [2.05, 4.69) is 23.7 Å². The smallest absolute Gasteiger partial charge is 0.243 e. The second kappa shape index (κ2) is 5.81. The van der Waals surface area contributed by atoms with Crippen molar-refractivity contribution in [2.24, 2.45) is 5.92 Å². The fraction of sp³-hybridized carbons (Fsp3) is 0.727. The molecule has 0 bridgehead atoms. The number of amides is 1. The Morgan fingerprint density at radius 1 is 1.71 bits per heavy atom. The van der Waals surface area contributed by atoms with Crippen LogP contribution in [0, 0.1) is 5.92 Å². The van der Waals surface area contributed by atoms with Crippen LogP contribution in [0.1, 0.15) is 19.8 Å². The van der Waals surface area contributed by atoms with Gasteiger partial charge in [0.2, 0.25) is 5.91 Å². The summed E-state index contributed by atoms with van der Waals surface area (Å²) in [6.45, 7) is 9.74. The molecule has 0 radical (unpaired) electrons. The number of hydrogen-bond donors (Lipinski definition) is 1. The van der Waals surface area contributed by atoms with Crippen LogP contribution in [0.25, 0.3) is 0 Å². The lowest BCUT2D eigenvalue weighted by Gasteiger charge is -2.30. The highest BCUT2D eigenvalue weighted by molar-refractivity contribution is 5.86. The summed E-state index contributed by atoms with van der Waals surface area (Å²) in [7, 11) is 0. The maximum absolute atomic E-state index is 10.9. The summed E-state index contributed by atoms with van der Waals surface area (Å²) in [5, 5.41) is 2.80. The molecule has 1 fully saturated rings. The van der Waals surface area contributed by atoms with Crippen molar-refractivity contribution in [3.05, 3.63) is 12.7 Å². The molecule has 1 amide bonds. The molecule has 0 aromatic carbocycles. The van der Waals surface area contributed by atoms with Gasteiger partial charge in [-0.15, -0.1) is 0 Å². The van der Waals surface area contributed by atoms with Crippen LogP contribution in [0.5, 0.6) is 0 Å². The lowest BCUT2D eigenvalue weighted by molar-refractivity contribution is -0.116. The van der Waals surface area contributed by atoms with E-state index in [1.807, 2.05) is 0 Å². The predicted octanol–water partition coefficient (Wildman–Crippen LogP) is 1.02. The Hall–Kier alpha value is -0.830. The van der Waals surface area contributed by atoms with Gasteiger partial charge in [0.1, 0.15) is 0 Å². The molecule has 1 N–H and O–H groups in total. The molecule has 1 rings (SSSR count). The molecule has 1 atom stereocenters. The Morgan fingerprint density at radius 3 is 3.14 bits per heavy atom. The normalized spacial score (nSPS) is 23.1. The highest BCUT2D eigenvalue weighted by Crippen LogP contribution is 2.14. The van der Waals surface area contributed by atoms with E-state index in [4.69, 9.17) is 0 Å². The number of nitrogens with one attached hydrogen (secondary N) is 1. The Bertz CT molecular complexity index is 203. The summed E-state index contributed by atoms with van der Waals surface area (Å²) in [4.78, 5) is 13.3. The zero-order valence-corrected chi connectivity index (χ0v) is 8.96. The summed E-state index contributed by atoms with van der Waals surface area (Å²) in [5.41, 5.74) is 0. The second-order valence-electron chi connectivity index (χ2n) is 4.04. The van der Waals surface area contributed by atoms with Gasteiger partial charge < -0.3 is 10.2 Å². The van der Waals surface area contributed by atoms with Gasteiger partial charge in [-0.2, -0.15) is 0 Å². The average Bonchev–Trinajstić information content (AvgIpc) is 2.17. The fourth-order valence-electron chi connectivity index (χ4n) is 1.90. The number of carbonyl (C=O) groups is 1. The van der Waals surface area contributed by atoms with E-state index in [0.717, 1.165) is 19.0 Å². The molecule has 1 saturated heterocycles. The minimum absolute atomic E-state index is 0.0740. The van der Waals surface area contributed by atoms with Crippen molar-refractivity contribution in [1.29, 1.82) is 0 Å². The molecule has 80 valence electrons. The minimum atomic E-state index is -0.0740. The van der Waals surface area contributed by atoms with Crippen LogP contribution in [0.2, 0.25) is 0 Å². The summed E-state index contributed by atoms with van der Waals surface area (Å²) in [6.07, 6.45) is 3.95. The molecule has 14 heavy (non-hydrogen) atoms. The molecule has 1 unspecified atom stereocenters. The molecule has 0 saturated carbocycles. The topological polar surface area (TPSA) is 32.3 Å². The summed E-state index contributed by atoms with van der Waals surface area (Å²) >= 11 is 0. The van der Waals surface area contributed by atoms with E-state index >= 15 is 0 Å². The molecule has 1 heterocycles. The van der Waals surface area contributed by atoms with Crippen molar-refractivity contribution in [2.45, 2.75) is 19.8 Å². The quantitative estimate of drug-likeness (QED) is 0.681. The highest BCUT2D eigenvalue weighted by atomic mass is 16.1. The van der Waals surface area contributed by atoms with E-state index < -0.39 is 0 Å². The molecule has 1 aliphatic heterocycles. The van der Waals surface area contributed by atoms with Gasteiger partial charge in [0.25, 0.3) is 0 Å². The number of likely N-dealkylation sites (tertiary alicyclic amines) is 1. The van der Waals surface area contributed by atoms with Gasteiger partial charge in [0.05, 0.1) is 0 Å². The SMILES string of the molecule is C=CC(=O)NCCN1CCCC(C)C1. The first-order valence-corrected chi connectivity index (χ1v) is 5.35. The van der Waals surface area contributed by atoms with Crippen molar-refractivity contribution in [2.75, 3.05) is 26.2 Å². The van der Waals surface area contributed by atoms with Crippen LogP contribution in [-0.4, -0.2) is 37.0 Å². The highest BCUT2D eigenvalue weighted by Gasteiger charge is 2.15. The standard InChI is InChI=1S/C11H20N2O/c1-3-11(14)12-6-8-13-7-4-5-10(2)9-13/h3,10H,1,4-9H2,2H3,(H,12,14). The van der Waals surface area contributed by atoms with Crippen LogP contribution in [-0.2, 0) is 4.79 Å². The number of rotatable bonds is 4. The molecular formula is C11H20N2O. The Labute approximate surface area is 86.2 Å². The van der Waals surface area contributed by atoms with Crippen molar-refractivity contribution in [3.8, 4) is 0 Å². The summed E-state index contributed by atoms with van der Waals surface area (Å²) in [5.74, 6) is 0.730. The molecule has 0 aromatic heterocycles. The van der Waals surface area contributed by atoms with Crippen molar-refractivity contribution in [3.63, 3.8) is 0 Å². The number of piperidine rings is 1. The Morgan fingerprint density at radius 2 is 2.50 bits per heavy atom. The van der Waals surface area contributed by atoms with Crippen LogP contribution >= 0.6 is 0 Å². The Kier molecular flexibility index (Phi) is 4.66. The van der Waals surface area contributed by atoms with E-state index in [-0.39, 0.29) is 5.91 Å². The van der Waals surface area contributed by atoms with Gasteiger partial charge in [0.15, 0.2) is 0 Å². The fourth-order valence-corrected chi connectivity index (χ4v) is 1.90. The summed E-state index contributed by atoms with van der Waals surface area (Å²) < 4.78 is 0. The maximum atomic E-state index is 10.9. The predicted molar refractivity (Wildman–Crippen MR) is 58.0 cm³/mol. The molecule has 3 nitrogen and oxygen atoms in total. The Balaban J connectivity index is 2.11. The average molecular weight is 196 g/mol. The minimum Gasteiger partial charge on any atom is -0.351 e. The molecule has 3 heteroatoms. The second-order valence-corrected chi connectivity index (χ2v) is 4.04. The van der Waals surface area contributed by atoms with Crippen LogP contribution in [0.15, 0.2) is 12.7 Å². The van der Waals surface area contributed by atoms with Crippen molar-refractivity contribution >= 4 is 5.91 Å². The number of nitrogens with zero attached hydrogens (tertiary/aromatic N) is 1. The first-order chi connectivity index (χ1) is 6.72. The summed E-state index contributed by atoms with van der Waals surface area (Å²) in [6, 6.07) is 0. The molecule has 1 aliphatic rings. The van der Waals surface area contributed by atoms with Crippen molar-refractivity contribution < 1.29 is 4.79 Å². The van der Waals surface area contributed by atoms with Crippen molar-refractivity contribution in [1.82, 2.24) is 10.2 Å². The third-order valence-corrected chi connectivity index (χ3v) is 2.65. The third kappa shape index (κ3) is 3.92. The van der Waals surface area contributed by atoms with E-state index in [1.165, 1.54) is 32.0 Å². The third-order valence-electron chi connectivity index (χ3n) is 2.65. The van der Waals surface area contributed by atoms with E-state index in [9.17, 15) is 4.79 Å². The van der Waals surface area contributed by atoms with Gasteiger partial charge in [0, 0.05) is 19.6 Å². The lowest BCUT2D eigenvalue weighted by atomic mass is 10.0. The number of hydrogen-bond acceptors (Lipinski definition) is 2. The maximum Gasteiger partial charge on any atom is 0.243 e. The first kappa shape index (κ1) is 11.2. The monoisotopic (exact) mass is 196 g/mol. The number of carbonyl (C=O) groups excluding carboxylic acids is 1. The largest absolute Gasteiger partial charge is 0.351 e. The van der Waals surface area contributed by atoms with Gasteiger partial charge in [-0.3, -0.25) is 4.79 Å². The lowest BCUT2D eigenvalue weighted by Crippen LogP contribution is -2.39. The van der Waals surface area contributed by atoms with E-state index in [1.54, 1.807) is 0 Å². The molecular weight excluding hydrogens is 176 g/mol. The van der Waals surface area contributed by atoms with Crippen LogP contribution < -0.4 is 5.32 Å². The zero-order chi connectivity index (χ0) is 10.4. The van der Waals surface area contributed by atoms with Gasteiger partial charge in [-0.05, 0) is 31.4 Å². The van der Waals surface area contributed by atoms with Gasteiger partial charge in [-0.25, -0.2) is 0 Å². The van der Waals surface area contributed by atoms with Crippen LogP contribution in [0.3, 0.4) is 0 Å². The van der Waals surface area contributed by atoms with Gasteiger partial charge in [-0.1, -0.05) is 13.5 Å².